The van der Waals surface area contributed by atoms with Crippen LogP contribution in [0.1, 0.15) is 36.1 Å². The zero-order valence-corrected chi connectivity index (χ0v) is 16.3. The SMILES string of the molecule is Cc1ncc2c(c1-c1noc(-c3cn[nH]c3)n1)CCN(C(=O)C[C@@H]1C=CCC1)C2. The number of rotatable bonds is 4. The van der Waals surface area contributed by atoms with Gasteiger partial charge in [-0.3, -0.25) is 14.9 Å². The van der Waals surface area contributed by atoms with E-state index in [0.717, 1.165) is 47.2 Å². The van der Waals surface area contributed by atoms with Gasteiger partial charge >= 0.3 is 0 Å². The minimum Gasteiger partial charge on any atom is -0.338 e. The second-order valence-corrected chi connectivity index (χ2v) is 7.67. The second kappa shape index (κ2) is 7.27. The Labute approximate surface area is 168 Å². The van der Waals surface area contributed by atoms with Gasteiger partial charge in [0.05, 0.1) is 11.8 Å². The molecular formula is C21H22N6O2. The number of H-pyrrole nitrogens is 1. The van der Waals surface area contributed by atoms with Crippen molar-refractivity contribution in [2.45, 2.75) is 39.2 Å². The molecule has 148 valence electrons. The molecule has 3 aromatic rings. The number of nitrogens with zero attached hydrogens (tertiary/aromatic N) is 5. The van der Waals surface area contributed by atoms with E-state index in [2.05, 4.69) is 37.5 Å². The Bertz CT molecular complexity index is 1070. The number of aryl methyl sites for hydroxylation is 1. The topological polar surface area (TPSA) is 101 Å². The van der Waals surface area contributed by atoms with E-state index < -0.39 is 0 Å². The maximum absolute atomic E-state index is 12.7. The fraction of sp³-hybridized carbons (Fsp3) is 0.381. The van der Waals surface area contributed by atoms with Crippen LogP contribution in [-0.4, -0.2) is 42.7 Å². The Morgan fingerprint density at radius 3 is 3.10 bits per heavy atom. The largest absolute Gasteiger partial charge is 0.338 e. The van der Waals surface area contributed by atoms with E-state index in [1.165, 1.54) is 0 Å². The van der Waals surface area contributed by atoms with Crippen molar-refractivity contribution < 1.29 is 9.32 Å². The monoisotopic (exact) mass is 390 g/mol. The highest BCUT2D eigenvalue weighted by Crippen LogP contribution is 2.32. The van der Waals surface area contributed by atoms with Crippen LogP contribution in [0.15, 0.2) is 35.3 Å². The number of aromatic amines is 1. The van der Waals surface area contributed by atoms with Gasteiger partial charge in [-0.25, -0.2) is 0 Å². The molecule has 5 rings (SSSR count). The first-order chi connectivity index (χ1) is 14.2. The number of nitrogens with one attached hydrogen (secondary N) is 1. The normalized spacial score (nSPS) is 18.2. The molecule has 2 aliphatic rings. The summed E-state index contributed by atoms with van der Waals surface area (Å²) in [4.78, 5) is 23.8. The highest BCUT2D eigenvalue weighted by molar-refractivity contribution is 5.77. The number of fused-ring (bicyclic) bond motifs is 1. The summed E-state index contributed by atoms with van der Waals surface area (Å²) in [5.74, 6) is 1.55. The van der Waals surface area contributed by atoms with Gasteiger partial charge in [-0.15, -0.1) is 0 Å². The minimum atomic E-state index is 0.219. The van der Waals surface area contributed by atoms with Crippen LogP contribution in [0.4, 0.5) is 0 Å². The molecule has 0 saturated carbocycles. The van der Waals surface area contributed by atoms with E-state index in [1.54, 1.807) is 12.4 Å². The van der Waals surface area contributed by atoms with Crippen molar-refractivity contribution in [3.05, 3.63) is 47.6 Å². The summed E-state index contributed by atoms with van der Waals surface area (Å²) in [6.45, 7) is 3.23. The zero-order valence-electron chi connectivity index (χ0n) is 16.3. The summed E-state index contributed by atoms with van der Waals surface area (Å²) >= 11 is 0. The molecule has 0 bridgehead atoms. The third-order valence-corrected chi connectivity index (χ3v) is 5.75. The molecular weight excluding hydrogens is 368 g/mol. The van der Waals surface area contributed by atoms with Gasteiger partial charge in [0.2, 0.25) is 11.7 Å². The van der Waals surface area contributed by atoms with E-state index in [1.807, 2.05) is 18.0 Å². The third kappa shape index (κ3) is 3.35. The van der Waals surface area contributed by atoms with Crippen LogP contribution in [0.3, 0.4) is 0 Å². The lowest BCUT2D eigenvalue weighted by atomic mass is 9.94. The third-order valence-electron chi connectivity index (χ3n) is 5.75. The fourth-order valence-electron chi connectivity index (χ4n) is 4.19. The number of hydrogen-bond acceptors (Lipinski definition) is 6. The molecule has 1 N–H and O–H groups in total. The van der Waals surface area contributed by atoms with Gasteiger partial charge in [-0.1, -0.05) is 17.3 Å². The van der Waals surface area contributed by atoms with Gasteiger partial charge in [0.25, 0.3) is 5.89 Å². The number of hydrogen-bond donors (Lipinski definition) is 1. The number of amides is 1. The average Bonchev–Trinajstić information content (AvgIpc) is 3.49. The smallest absolute Gasteiger partial charge is 0.261 e. The number of allylic oxidation sites excluding steroid dienone is 2. The Kier molecular flexibility index (Phi) is 4.46. The van der Waals surface area contributed by atoms with E-state index >= 15 is 0 Å². The highest BCUT2D eigenvalue weighted by Gasteiger charge is 2.27. The first-order valence-corrected chi connectivity index (χ1v) is 9.94. The number of pyridine rings is 1. The maximum Gasteiger partial charge on any atom is 0.261 e. The van der Waals surface area contributed by atoms with Gasteiger partial charge in [-0.2, -0.15) is 10.1 Å². The molecule has 0 radical (unpaired) electrons. The summed E-state index contributed by atoms with van der Waals surface area (Å²) < 4.78 is 5.42. The molecule has 1 atom stereocenters. The van der Waals surface area contributed by atoms with Crippen molar-refractivity contribution in [1.82, 2.24) is 30.2 Å². The standard InChI is InChI=1S/C21H22N6O2/c1-13-19(20-25-21(29-26-20)15-10-23-24-11-15)17-6-7-27(12-16(17)9-22-13)18(28)8-14-4-2-3-5-14/h2,4,9-11,14H,3,5-8,12H2,1H3,(H,23,24)/t14-/m1/s1. The van der Waals surface area contributed by atoms with Crippen molar-refractivity contribution in [1.29, 1.82) is 0 Å². The van der Waals surface area contributed by atoms with Crippen LogP contribution in [0.5, 0.6) is 0 Å². The molecule has 0 aromatic carbocycles. The highest BCUT2D eigenvalue weighted by atomic mass is 16.5. The summed E-state index contributed by atoms with van der Waals surface area (Å²) in [5.41, 5.74) is 4.73. The quantitative estimate of drug-likeness (QED) is 0.687. The number of aromatic nitrogens is 5. The van der Waals surface area contributed by atoms with Crippen LogP contribution in [0, 0.1) is 12.8 Å². The molecule has 8 nitrogen and oxygen atoms in total. The summed E-state index contributed by atoms with van der Waals surface area (Å²) in [5, 5.41) is 10.8. The Hall–Kier alpha value is -3.29. The van der Waals surface area contributed by atoms with Gasteiger partial charge in [-0.05, 0) is 43.2 Å². The molecule has 1 amide bonds. The molecule has 4 heterocycles. The molecule has 0 saturated heterocycles. The van der Waals surface area contributed by atoms with Crippen molar-refractivity contribution >= 4 is 5.91 Å². The molecule has 8 heteroatoms. The zero-order chi connectivity index (χ0) is 19.8. The predicted molar refractivity (Wildman–Crippen MR) is 105 cm³/mol. The molecule has 29 heavy (non-hydrogen) atoms. The van der Waals surface area contributed by atoms with Gasteiger partial charge in [0.15, 0.2) is 0 Å². The van der Waals surface area contributed by atoms with Crippen LogP contribution in [0.25, 0.3) is 22.8 Å². The molecule has 0 unspecified atom stereocenters. The van der Waals surface area contributed by atoms with E-state index in [-0.39, 0.29) is 5.91 Å². The maximum atomic E-state index is 12.7. The summed E-state index contributed by atoms with van der Waals surface area (Å²) in [7, 11) is 0. The Balaban J connectivity index is 1.40. The second-order valence-electron chi connectivity index (χ2n) is 7.67. The molecule has 0 spiro atoms. The first-order valence-electron chi connectivity index (χ1n) is 9.94. The van der Waals surface area contributed by atoms with E-state index in [4.69, 9.17) is 4.52 Å². The van der Waals surface area contributed by atoms with Crippen LogP contribution >= 0.6 is 0 Å². The summed E-state index contributed by atoms with van der Waals surface area (Å²) in [6, 6.07) is 0. The predicted octanol–water partition coefficient (Wildman–Crippen LogP) is 3.07. The molecule has 1 aliphatic heterocycles. The van der Waals surface area contributed by atoms with Crippen molar-refractivity contribution in [3.63, 3.8) is 0 Å². The molecule has 3 aromatic heterocycles. The van der Waals surface area contributed by atoms with Crippen molar-refractivity contribution in [2.75, 3.05) is 6.54 Å². The van der Waals surface area contributed by atoms with Crippen molar-refractivity contribution in [3.8, 4) is 22.8 Å². The number of carbonyl (C=O) groups is 1. The van der Waals surface area contributed by atoms with Gasteiger partial charge < -0.3 is 9.42 Å². The van der Waals surface area contributed by atoms with Crippen LogP contribution < -0.4 is 0 Å². The van der Waals surface area contributed by atoms with Crippen LogP contribution in [0.2, 0.25) is 0 Å². The first kappa shape index (κ1) is 17.8. The van der Waals surface area contributed by atoms with Crippen molar-refractivity contribution in [2.24, 2.45) is 5.92 Å². The van der Waals surface area contributed by atoms with Crippen LogP contribution in [-0.2, 0) is 17.8 Å². The fourth-order valence-corrected chi connectivity index (χ4v) is 4.19. The minimum absolute atomic E-state index is 0.219. The molecule has 0 fully saturated rings. The summed E-state index contributed by atoms with van der Waals surface area (Å²) in [6.07, 6.45) is 13.1. The van der Waals surface area contributed by atoms with E-state index in [0.29, 0.717) is 37.1 Å². The number of carbonyl (C=O) groups excluding carboxylic acids is 1. The van der Waals surface area contributed by atoms with Gasteiger partial charge in [0.1, 0.15) is 0 Å². The lowest BCUT2D eigenvalue weighted by Gasteiger charge is -2.30. The average molecular weight is 390 g/mol. The lowest BCUT2D eigenvalue weighted by Crippen LogP contribution is -2.37. The van der Waals surface area contributed by atoms with E-state index in [9.17, 15) is 4.79 Å². The lowest BCUT2D eigenvalue weighted by molar-refractivity contribution is -0.132. The van der Waals surface area contributed by atoms with Gasteiger partial charge in [0, 0.05) is 43.2 Å². The Morgan fingerprint density at radius 1 is 1.38 bits per heavy atom. The molecule has 1 aliphatic carbocycles. The Morgan fingerprint density at radius 2 is 2.31 bits per heavy atom.